The second kappa shape index (κ2) is 7.87. The summed E-state index contributed by atoms with van der Waals surface area (Å²) in [5.41, 5.74) is 1.05. The molecule has 102 valence electrons. The van der Waals surface area contributed by atoms with Crippen LogP contribution in [0.3, 0.4) is 0 Å². The SMILES string of the molecule is CCNc1ncnc(NCCCC(C)CO)c1C. The van der Waals surface area contributed by atoms with Crippen molar-refractivity contribution in [2.24, 2.45) is 5.92 Å². The van der Waals surface area contributed by atoms with Gasteiger partial charge in [-0.25, -0.2) is 9.97 Å². The summed E-state index contributed by atoms with van der Waals surface area (Å²) >= 11 is 0. The maximum absolute atomic E-state index is 8.94. The Morgan fingerprint density at radius 2 is 1.94 bits per heavy atom. The molecule has 0 saturated heterocycles. The van der Waals surface area contributed by atoms with Gasteiger partial charge in [0, 0.05) is 25.3 Å². The summed E-state index contributed by atoms with van der Waals surface area (Å²) in [6.07, 6.45) is 3.62. The summed E-state index contributed by atoms with van der Waals surface area (Å²) in [5, 5.41) is 15.5. The van der Waals surface area contributed by atoms with E-state index in [9.17, 15) is 0 Å². The van der Waals surface area contributed by atoms with Crippen molar-refractivity contribution in [3.05, 3.63) is 11.9 Å². The Balaban J connectivity index is 2.44. The van der Waals surface area contributed by atoms with Crippen LogP contribution in [0.25, 0.3) is 0 Å². The zero-order chi connectivity index (χ0) is 13.4. The fourth-order valence-electron chi connectivity index (χ4n) is 1.72. The molecule has 1 rings (SSSR count). The molecule has 18 heavy (non-hydrogen) atoms. The highest BCUT2D eigenvalue weighted by Crippen LogP contribution is 2.18. The number of aliphatic hydroxyl groups excluding tert-OH is 1. The molecule has 5 nitrogen and oxygen atoms in total. The van der Waals surface area contributed by atoms with Gasteiger partial charge in [-0.05, 0) is 32.6 Å². The van der Waals surface area contributed by atoms with Crippen LogP contribution in [0.1, 0.15) is 32.3 Å². The number of aliphatic hydroxyl groups is 1. The van der Waals surface area contributed by atoms with Crippen molar-refractivity contribution in [2.75, 3.05) is 30.3 Å². The van der Waals surface area contributed by atoms with Crippen molar-refractivity contribution < 1.29 is 5.11 Å². The third-order valence-electron chi connectivity index (χ3n) is 2.91. The molecule has 1 unspecified atom stereocenters. The first-order valence-electron chi connectivity index (χ1n) is 6.59. The first-order valence-corrected chi connectivity index (χ1v) is 6.59. The average Bonchev–Trinajstić information content (AvgIpc) is 2.38. The molecule has 0 aliphatic carbocycles. The van der Waals surface area contributed by atoms with E-state index in [1.54, 1.807) is 6.33 Å². The summed E-state index contributed by atoms with van der Waals surface area (Å²) in [6.45, 7) is 8.09. The molecular weight excluding hydrogens is 228 g/mol. The van der Waals surface area contributed by atoms with Crippen molar-refractivity contribution in [3.63, 3.8) is 0 Å². The van der Waals surface area contributed by atoms with Gasteiger partial charge in [-0.2, -0.15) is 0 Å². The van der Waals surface area contributed by atoms with Gasteiger partial charge >= 0.3 is 0 Å². The van der Waals surface area contributed by atoms with E-state index < -0.39 is 0 Å². The van der Waals surface area contributed by atoms with Crippen LogP contribution < -0.4 is 10.6 Å². The van der Waals surface area contributed by atoms with Crippen LogP contribution in [-0.2, 0) is 0 Å². The van der Waals surface area contributed by atoms with Gasteiger partial charge in [-0.15, -0.1) is 0 Å². The summed E-state index contributed by atoms with van der Waals surface area (Å²) in [4.78, 5) is 8.45. The molecule has 5 heteroatoms. The molecule has 0 amide bonds. The molecule has 1 atom stereocenters. The van der Waals surface area contributed by atoms with E-state index in [1.165, 1.54) is 0 Å². The van der Waals surface area contributed by atoms with Crippen LogP contribution >= 0.6 is 0 Å². The van der Waals surface area contributed by atoms with E-state index in [0.29, 0.717) is 5.92 Å². The number of aromatic nitrogens is 2. The molecule has 0 bridgehead atoms. The smallest absolute Gasteiger partial charge is 0.134 e. The fourth-order valence-corrected chi connectivity index (χ4v) is 1.72. The molecule has 1 aromatic heterocycles. The van der Waals surface area contributed by atoms with Crippen LogP contribution in [0.15, 0.2) is 6.33 Å². The van der Waals surface area contributed by atoms with Crippen LogP contribution in [0.4, 0.5) is 11.6 Å². The predicted molar refractivity (Wildman–Crippen MR) is 74.9 cm³/mol. The standard InChI is InChI=1S/C13H24N4O/c1-4-14-12-11(3)13(17-9-16-12)15-7-5-6-10(2)8-18/h9-10,18H,4-8H2,1-3H3,(H2,14,15,16,17). The minimum absolute atomic E-state index is 0.261. The molecule has 0 saturated carbocycles. The molecule has 0 spiro atoms. The third kappa shape index (κ3) is 4.49. The van der Waals surface area contributed by atoms with Crippen LogP contribution in [0.2, 0.25) is 0 Å². The lowest BCUT2D eigenvalue weighted by Gasteiger charge is -2.12. The highest BCUT2D eigenvalue weighted by molar-refractivity contribution is 5.56. The van der Waals surface area contributed by atoms with E-state index in [0.717, 1.165) is 43.1 Å². The number of hydrogen-bond donors (Lipinski definition) is 3. The van der Waals surface area contributed by atoms with Crippen molar-refractivity contribution in [1.82, 2.24) is 9.97 Å². The molecule has 0 aliphatic heterocycles. The Bertz CT molecular complexity index is 357. The molecule has 3 N–H and O–H groups in total. The number of rotatable bonds is 8. The lowest BCUT2D eigenvalue weighted by atomic mass is 10.1. The normalized spacial score (nSPS) is 12.2. The van der Waals surface area contributed by atoms with Crippen molar-refractivity contribution in [2.45, 2.75) is 33.6 Å². The number of hydrogen-bond acceptors (Lipinski definition) is 5. The molecule has 0 aliphatic rings. The van der Waals surface area contributed by atoms with Gasteiger partial charge in [-0.3, -0.25) is 0 Å². The summed E-state index contributed by atoms with van der Waals surface area (Å²) in [5.74, 6) is 2.15. The van der Waals surface area contributed by atoms with Gasteiger partial charge in [-0.1, -0.05) is 6.92 Å². The number of anilines is 2. The van der Waals surface area contributed by atoms with Gasteiger partial charge in [0.25, 0.3) is 0 Å². The van der Waals surface area contributed by atoms with Gasteiger partial charge in [0.05, 0.1) is 0 Å². The van der Waals surface area contributed by atoms with Crippen LogP contribution in [0, 0.1) is 12.8 Å². The Morgan fingerprint density at radius 3 is 2.56 bits per heavy atom. The monoisotopic (exact) mass is 252 g/mol. The van der Waals surface area contributed by atoms with E-state index in [2.05, 4.69) is 27.5 Å². The van der Waals surface area contributed by atoms with Gasteiger partial charge in [0.15, 0.2) is 0 Å². The maximum Gasteiger partial charge on any atom is 0.134 e. The van der Waals surface area contributed by atoms with Gasteiger partial charge in [0.1, 0.15) is 18.0 Å². The van der Waals surface area contributed by atoms with E-state index in [1.807, 2.05) is 13.8 Å². The number of nitrogens with one attached hydrogen (secondary N) is 2. The van der Waals surface area contributed by atoms with E-state index in [4.69, 9.17) is 5.11 Å². The molecule has 0 aromatic carbocycles. The fraction of sp³-hybridized carbons (Fsp3) is 0.692. The highest BCUT2D eigenvalue weighted by Gasteiger charge is 2.05. The van der Waals surface area contributed by atoms with E-state index in [-0.39, 0.29) is 6.61 Å². The zero-order valence-corrected chi connectivity index (χ0v) is 11.5. The van der Waals surface area contributed by atoms with Crippen molar-refractivity contribution in [1.29, 1.82) is 0 Å². The third-order valence-corrected chi connectivity index (χ3v) is 2.91. The van der Waals surface area contributed by atoms with E-state index >= 15 is 0 Å². The van der Waals surface area contributed by atoms with Crippen LogP contribution in [-0.4, -0.2) is 34.8 Å². The summed E-state index contributed by atoms with van der Waals surface area (Å²) in [7, 11) is 0. The van der Waals surface area contributed by atoms with Gasteiger partial charge in [0.2, 0.25) is 0 Å². The minimum Gasteiger partial charge on any atom is -0.396 e. The molecule has 0 fully saturated rings. The first kappa shape index (κ1) is 14.7. The minimum atomic E-state index is 0.261. The Labute approximate surface area is 109 Å². The molecule has 0 radical (unpaired) electrons. The first-order chi connectivity index (χ1) is 8.69. The van der Waals surface area contributed by atoms with Crippen molar-refractivity contribution >= 4 is 11.6 Å². The molecule has 1 heterocycles. The topological polar surface area (TPSA) is 70.1 Å². The second-order valence-corrected chi connectivity index (χ2v) is 4.58. The Kier molecular flexibility index (Phi) is 6.43. The van der Waals surface area contributed by atoms with Gasteiger partial charge < -0.3 is 15.7 Å². The number of nitrogens with zero attached hydrogens (tertiary/aromatic N) is 2. The van der Waals surface area contributed by atoms with Crippen LogP contribution in [0.5, 0.6) is 0 Å². The maximum atomic E-state index is 8.94. The summed E-state index contributed by atoms with van der Waals surface area (Å²) in [6, 6.07) is 0. The molecular formula is C13H24N4O. The van der Waals surface area contributed by atoms with Crippen molar-refractivity contribution in [3.8, 4) is 0 Å². The lowest BCUT2D eigenvalue weighted by Crippen LogP contribution is -2.10. The summed E-state index contributed by atoms with van der Waals surface area (Å²) < 4.78 is 0. The zero-order valence-electron chi connectivity index (χ0n) is 11.5. The Morgan fingerprint density at radius 1 is 1.28 bits per heavy atom. The largest absolute Gasteiger partial charge is 0.396 e. The predicted octanol–water partition coefficient (Wildman–Crippen LogP) is 2.04. The quantitative estimate of drug-likeness (QED) is 0.618. The Hall–Kier alpha value is -1.36. The lowest BCUT2D eigenvalue weighted by molar-refractivity contribution is 0.229. The second-order valence-electron chi connectivity index (χ2n) is 4.58. The highest BCUT2D eigenvalue weighted by atomic mass is 16.3. The molecule has 1 aromatic rings. The average molecular weight is 252 g/mol.